The molecule has 0 amide bonds. The van der Waals surface area contributed by atoms with Gasteiger partial charge < -0.3 is 14.2 Å². The maximum Gasteiger partial charge on any atom is 0.348 e. The van der Waals surface area contributed by atoms with Crippen LogP contribution in [0, 0.1) is 18.3 Å². The molecular formula is C21H21NO4. The van der Waals surface area contributed by atoms with Gasteiger partial charge in [0.05, 0.1) is 13.7 Å². The Balaban J connectivity index is 2.17. The van der Waals surface area contributed by atoms with Gasteiger partial charge in [-0.15, -0.1) is 0 Å². The zero-order chi connectivity index (χ0) is 18.9. The summed E-state index contributed by atoms with van der Waals surface area (Å²) in [6.45, 7) is 4.35. The number of carbonyl (C=O) groups excluding carboxylic acids is 1. The first-order chi connectivity index (χ1) is 12.6. The molecule has 0 aliphatic heterocycles. The van der Waals surface area contributed by atoms with Crippen molar-refractivity contribution in [3.05, 3.63) is 64.7 Å². The van der Waals surface area contributed by atoms with E-state index in [4.69, 9.17) is 19.5 Å². The number of nitrogens with zero attached hydrogens (tertiary/aromatic N) is 1. The fraction of sp³-hybridized carbons (Fsp3) is 0.238. The fourth-order valence-electron chi connectivity index (χ4n) is 2.25. The predicted octanol–water partition coefficient (Wildman–Crippen LogP) is 4.05. The molecule has 0 aromatic heterocycles. The Morgan fingerprint density at radius 3 is 2.50 bits per heavy atom. The van der Waals surface area contributed by atoms with Crippen molar-refractivity contribution in [2.24, 2.45) is 0 Å². The third-order valence-electron chi connectivity index (χ3n) is 3.63. The Morgan fingerprint density at radius 1 is 1.15 bits per heavy atom. The SMILES string of the molecule is CCOC(=O)/C(C#N)=C\c1ccc(OCc2ccc(C)cc2)c(OC)c1. The Kier molecular flexibility index (Phi) is 6.81. The molecule has 0 heterocycles. The van der Waals surface area contributed by atoms with Crippen LogP contribution in [0.15, 0.2) is 48.0 Å². The zero-order valence-electron chi connectivity index (χ0n) is 15.1. The second-order valence-electron chi connectivity index (χ2n) is 5.57. The number of hydrogen-bond acceptors (Lipinski definition) is 5. The largest absolute Gasteiger partial charge is 0.493 e. The van der Waals surface area contributed by atoms with Crippen molar-refractivity contribution >= 4 is 12.0 Å². The number of carbonyl (C=O) groups is 1. The average Bonchev–Trinajstić information content (AvgIpc) is 2.66. The first kappa shape index (κ1) is 19.1. The molecule has 134 valence electrons. The number of aryl methyl sites for hydroxylation is 1. The van der Waals surface area contributed by atoms with Gasteiger partial charge in [-0.1, -0.05) is 35.9 Å². The van der Waals surface area contributed by atoms with E-state index in [9.17, 15) is 4.79 Å². The molecule has 0 unspecified atom stereocenters. The number of ether oxygens (including phenoxy) is 3. The maximum absolute atomic E-state index is 11.7. The van der Waals surface area contributed by atoms with Gasteiger partial charge in [0.15, 0.2) is 11.5 Å². The molecule has 0 aliphatic rings. The highest BCUT2D eigenvalue weighted by atomic mass is 16.5. The molecule has 5 heteroatoms. The number of esters is 1. The van der Waals surface area contributed by atoms with Crippen molar-refractivity contribution in [3.8, 4) is 17.6 Å². The smallest absolute Gasteiger partial charge is 0.348 e. The normalized spacial score (nSPS) is 10.8. The number of rotatable bonds is 7. The molecule has 0 bridgehead atoms. The molecule has 2 rings (SSSR count). The summed E-state index contributed by atoms with van der Waals surface area (Å²) in [6, 6.07) is 15.1. The van der Waals surface area contributed by atoms with Gasteiger partial charge in [0.25, 0.3) is 0 Å². The van der Waals surface area contributed by atoms with Gasteiger partial charge in [-0.25, -0.2) is 4.79 Å². The summed E-state index contributed by atoms with van der Waals surface area (Å²) in [5.74, 6) is 0.459. The average molecular weight is 351 g/mol. The summed E-state index contributed by atoms with van der Waals surface area (Å²) in [5.41, 5.74) is 2.82. The number of nitriles is 1. The minimum atomic E-state index is -0.645. The van der Waals surface area contributed by atoms with Crippen molar-refractivity contribution in [1.82, 2.24) is 0 Å². The van der Waals surface area contributed by atoms with Gasteiger partial charge in [-0.3, -0.25) is 0 Å². The van der Waals surface area contributed by atoms with E-state index in [-0.39, 0.29) is 12.2 Å². The third kappa shape index (κ3) is 5.12. The molecule has 0 aliphatic carbocycles. The molecule has 0 spiro atoms. The lowest BCUT2D eigenvalue weighted by Crippen LogP contribution is -2.06. The van der Waals surface area contributed by atoms with Crippen molar-refractivity contribution in [2.75, 3.05) is 13.7 Å². The minimum absolute atomic E-state index is 0.0674. The van der Waals surface area contributed by atoms with Crippen LogP contribution in [0.2, 0.25) is 0 Å². The highest BCUT2D eigenvalue weighted by molar-refractivity contribution is 5.97. The van der Waals surface area contributed by atoms with E-state index in [1.54, 1.807) is 25.1 Å². The number of methoxy groups -OCH3 is 1. The van der Waals surface area contributed by atoms with Crippen LogP contribution in [0.4, 0.5) is 0 Å². The lowest BCUT2D eigenvalue weighted by molar-refractivity contribution is -0.137. The maximum atomic E-state index is 11.7. The summed E-state index contributed by atoms with van der Waals surface area (Å²) < 4.78 is 16.0. The standard InChI is InChI=1S/C21H21NO4/c1-4-25-21(23)18(13-22)11-17-9-10-19(20(12-17)24-3)26-14-16-7-5-15(2)6-8-16/h5-12H,4,14H2,1-3H3/b18-11-. The predicted molar refractivity (Wildman–Crippen MR) is 98.7 cm³/mol. The van der Waals surface area contributed by atoms with E-state index in [0.29, 0.717) is 23.7 Å². The van der Waals surface area contributed by atoms with Crippen LogP contribution in [0.1, 0.15) is 23.6 Å². The van der Waals surface area contributed by atoms with Gasteiger partial charge in [0.1, 0.15) is 18.2 Å². The summed E-state index contributed by atoms with van der Waals surface area (Å²) in [4.78, 5) is 11.7. The van der Waals surface area contributed by atoms with Gasteiger partial charge in [0, 0.05) is 0 Å². The topological polar surface area (TPSA) is 68.6 Å². The molecule has 26 heavy (non-hydrogen) atoms. The van der Waals surface area contributed by atoms with Crippen molar-refractivity contribution in [2.45, 2.75) is 20.5 Å². The molecule has 2 aromatic carbocycles. The number of benzene rings is 2. The molecular weight excluding hydrogens is 330 g/mol. The van der Waals surface area contributed by atoms with Crippen LogP contribution in [-0.2, 0) is 16.1 Å². The van der Waals surface area contributed by atoms with E-state index < -0.39 is 5.97 Å². The van der Waals surface area contributed by atoms with E-state index in [1.165, 1.54) is 18.7 Å². The Bertz CT molecular complexity index is 832. The van der Waals surface area contributed by atoms with Crippen LogP contribution in [0.5, 0.6) is 11.5 Å². The van der Waals surface area contributed by atoms with Crippen LogP contribution >= 0.6 is 0 Å². The summed E-state index contributed by atoms with van der Waals surface area (Å²) >= 11 is 0. The zero-order valence-corrected chi connectivity index (χ0v) is 15.1. The molecule has 0 atom stereocenters. The molecule has 0 saturated carbocycles. The van der Waals surface area contributed by atoms with E-state index in [0.717, 1.165) is 5.56 Å². The van der Waals surface area contributed by atoms with Gasteiger partial charge >= 0.3 is 5.97 Å². The second kappa shape index (κ2) is 9.28. The van der Waals surface area contributed by atoms with Crippen molar-refractivity contribution in [3.63, 3.8) is 0 Å². The quantitative estimate of drug-likeness (QED) is 0.427. The first-order valence-corrected chi connectivity index (χ1v) is 8.22. The highest BCUT2D eigenvalue weighted by Crippen LogP contribution is 2.29. The molecule has 5 nitrogen and oxygen atoms in total. The molecule has 0 fully saturated rings. The van der Waals surface area contributed by atoms with E-state index >= 15 is 0 Å². The monoisotopic (exact) mass is 351 g/mol. The lowest BCUT2D eigenvalue weighted by atomic mass is 10.1. The molecule has 0 radical (unpaired) electrons. The summed E-state index contributed by atoms with van der Waals surface area (Å²) in [7, 11) is 1.54. The molecule has 2 aromatic rings. The van der Waals surface area contributed by atoms with Crippen molar-refractivity contribution < 1.29 is 19.0 Å². The van der Waals surface area contributed by atoms with Crippen LogP contribution < -0.4 is 9.47 Å². The second-order valence-corrected chi connectivity index (χ2v) is 5.57. The van der Waals surface area contributed by atoms with E-state index in [2.05, 4.69) is 0 Å². The lowest BCUT2D eigenvalue weighted by Gasteiger charge is -2.12. The van der Waals surface area contributed by atoms with Crippen LogP contribution in [0.3, 0.4) is 0 Å². The van der Waals surface area contributed by atoms with Gasteiger partial charge in [-0.2, -0.15) is 5.26 Å². The Hall–Kier alpha value is -3.26. The summed E-state index contributed by atoms with van der Waals surface area (Å²) in [6.07, 6.45) is 1.46. The highest BCUT2D eigenvalue weighted by Gasteiger charge is 2.11. The van der Waals surface area contributed by atoms with Crippen LogP contribution in [-0.4, -0.2) is 19.7 Å². The van der Waals surface area contributed by atoms with Crippen molar-refractivity contribution in [1.29, 1.82) is 5.26 Å². The van der Waals surface area contributed by atoms with Gasteiger partial charge in [0.2, 0.25) is 0 Å². The van der Waals surface area contributed by atoms with Crippen LogP contribution in [0.25, 0.3) is 6.08 Å². The first-order valence-electron chi connectivity index (χ1n) is 8.22. The minimum Gasteiger partial charge on any atom is -0.493 e. The summed E-state index contributed by atoms with van der Waals surface area (Å²) in [5, 5.41) is 9.12. The van der Waals surface area contributed by atoms with Gasteiger partial charge in [-0.05, 0) is 43.2 Å². The Labute approximate surface area is 153 Å². The third-order valence-corrected chi connectivity index (χ3v) is 3.63. The fourth-order valence-corrected chi connectivity index (χ4v) is 2.25. The van der Waals surface area contributed by atoms with E-state index in [1.807, 2.05) is 37.3 Å². The number of hydrogen-bond donors (Lipinski definition) is 0. The Morgan fingerprint density at radius 2 is 1.88 bits per heavy atom. The molecule has 0 saturated heterocycles. The molecule has 0 N–H and O–H groups in total.